The molecule has 0 amide bonds. The Morgan fingerprint density at radius 2 is 2.09 bits per heavy atom. The fraction of sp³-hybridized carbons (Fsp3) is 0.250. The van der Waals surface area contributed by atoms with Crippen LogP contribution >= 0.6 is 35.2 Å². The maximum absolute atomic E-state index is 11.8. The number of anilines is 2. The Labute approximate surface area is 149 Å². The number of halogens is 1. The lowest BCUT2D eigenvalue weighted by atomic mass is 10.2. The molecule has 122 valence electrons. The van der Waals surface area contributed by atoms with Gasteiger partial charge in [-0.15, -0.1) is 11.3 Å². The lowest BCUT2D eigenvalue weighted by molar-refractivity contribution is 0.0602. The average molecular weight is 369 g/mol. The molecule has 0 aliphatic carbocycles. The van der Waals surface area contributed by atoms with Crippen LogP contribution in [0.3, 0.4) is 0 Å². The molecule has 0 spiro atoms. The number of carbonyl (C=O) groups excluding carboxylic acids is 1. The SMILES string of the molecule is CCc1cc(C(=O)OC)c(NC(=S)Nc2ccc(C)c(Cl)c2)s1. The van der Waals surface area contributed by atoms with Gasteiger partial charge in [-0.2, -0.15) is 0 Å². The molecule has 2 rings (SSSR count). The van der Waals surface area contributed by atoms with Crippen LogP contribution in [0.5, 0.6) is 0 Å². The molecular weight excluding hydrogens is 352 g/mol. The van der Waals surface area contributed by atoms with E-state index >= 15 is 0 Å². The minimum absolute atomic E-state index is 0.385. The number of hydrogen-bond donors (Lipinski definition) is 2. The molecule has 0 atom stereocenters. The molecular formula is C16H17ClN2O2S2. The van der Waals surface area contributed by atoms with Gasteiger partial charge in [0.05, 0.1) is 12.7 Å². The molecule has 0 bridgehead atoms. The predicted molar refractivity (Wildman–Crippen MR) is 101 cm³/mol. The second-order valence-electron chi connectivity index (χ2n) is 4.84. The highest BCUT2D eigenvalue weighted by Crippen LogP contribution is 2.29. The van der Waals surface area contributed by atoms with Crippen molar-refractivity contribution >= 4 is 56.9 Å². The van der Waals surface area contributed by atoms with E-state index in [1.807, 2.05) is 32.0 Å². The second-order valence-corrected chi connectivity index (χ2v) is 6.80. The number of benzene rings is 1. The number of ether oxygens (including phenoxy) is 1. The molecule has 0 saturated carbocycles. The largest absolute Gasteiger partial charge is 0.465 e. The lowest BCUT2D eigenvalue weighted by Gasteiger charge is -2.11. The van der Waals surface area contributed by atoms with Crippen molar-refractivity contribution in [2.24, 2.45) is 0 Å². The van der Waals surface area contributed by atoms with E-state index in [-0.39, 0.29) is 5.97 Å². The van der Waals surface area contributed by atoms with Gasteiger partial charge in [-0.25, -0.2) is 4.79 Å². The normalized spacial score (nSPS) is 10.3. The van der Waals surface area contributed by atoms with Crippen molar-refractivity contribution < 1.29 is 9.53 Å². The first-order valence-electron chi connectivity index (χ1n) is 6.99. The summed E-state index contributed by atoms with van der Waals surface area (Å²) in [5, 5.41) is 7.84. The summed E-state index contributed by atoms with van der Waals surface area (Å²) < 4.78 is 4.81. The quantitative estimate of drug-likeness (QED) is 0.595. The highest BCUT2D eigenvalue weighted by molar-refractivity contribution is 7.80. The monoisotopic (exact) mass is 368 g/mol. The molecule has 7 heteroatoms. The maximum atomic E-state index is 11.8. The van der Waals surface area contributed by atoms with Gasteiger partial charge in [0.25, 0.3) is 0 Å². The van der Waals surface area contributed by atoms with Gasteiger partial charge in [0.2, 0.25) is 0 Å². The summed E-state index contributed by atoms with van der Waals surface area (Å²) in [6, 6.07) is 7.43. The number of esters is 1. The van der Waals surface area contributed by atoms with Crippen molar-refractivity contribution in [2.45, 2.75) is 20.3 Å². The molecule has 2 aromatic rings. The van der Waals surface area contributed by atoms with Gasteiger partial charge in [-0.05, 0) is 49.3 Å². The lowest BCUT2D eigenvalue weighted by Crippen LogP contribution is -2.19. The van der Waals surface area contributed by atoms with Gasteiger partial charge in [0, 0.05) is 15.6 Å². The average Bonchev–Trinajstić information content (AvgIpc) is 2.93. The third-order valence-corrected chi connectivity index (χ3v) is 5.00. The van der Waals surface area contributed by atoms with Gasteiger partial charge >= 0.3 is 5.97 Å². The van der Waals surface area contributed by atoms with E-state index in [4.69, 9.17) is 28.6 Å². The van der Waals surface area contributed by atoms with Crippen molar-refractivity contribution in [2.75, 3.05) is 17.7 Å². The minimum atomic E-state index is -0.385. The second kappa shape index (κ2) is 7.77. The number of thiocarbonyl (C=S) groups is 1. The molecule has 1 aromatic heterocycles. The van der Waals surface area contributed by atoms with E-state index in [0.29, 0.717) is 20.7 Å². The van der Waals surface area contributed by atoms with E-state index in [9.17, 15) is 4.79 Å². The van der Waals surface area contributed by atoms with E-state index in [2.05, 4.69) is 10.6 Å². The zero-order chi connectivity index (χ0) is 17.0. The Hall–Kier alpha value is -1.63. The summed E-state index contributed by atoms with van der Waals surface area (Å²) in [5.74, 6) is -0.385. The first-order chi connectivity index (χ1) is 10.9. The Morgan fingerprint density at radius 3 is 2.70 bits per heavy atom. The molecule has 2 N–H and O–H groups in total. The summed E-state index contributed by atoms with van der Waals surface area (Å²) in [7, 11) is 1.36. The number of methoxy groups -OCH3 is 1. The fourth-order valence-electron chi connectivity index (χ4n) is 1.91. The molecule has 0 fully saturated rings. The molecule has 0 aliphatic heterocycles. The van der Waals surface area contributed by atoms with Gasteiger partial charge < -0.3 is 15.4 Å². The van der Waals surface area contributed by atoms with Gasteiger partial charge in [0.1, 0.15) is 5.00 Å². The molecule has 0 aliphatic rings. The minimum Gasteiger partial charge on any atom is -0.465 e. The fourth-order valence-corrected chi connectivity index (χ4v) is 3.36. The number of carbonyl (C=O) groups is 1. The van der Waals surface area contributed by atoms with Crippen LogP contribution in [0.4, 0.5) is 10.7 Å². The van der Waals surface area contributed by atoms with Crippen molar-refractivity contribution in [1.29, 1.82) is 0 Å². The smallest absolute Gasteiger partial charge is 0.340 e. The van der Waals surface area contributed by atoms with E-state index in [1.165, 1.54) is 18.4 Å². The standard InChI is InChI=1S/C16H17ClN2O2S2/c1-4-11-8-12(15(20)21-3)14(23-11)19-16(22)18-10-6-5-9(2)13(17)7-10/h5-8H,4H2,1-3H3,(H2,18,19,22). The van der Waals surface area contributed by atoms with Gasteiger partial charge in [-0.3, -0.25) is 0 Å². The van der Waals surface area contributed by atoms with E-state index in [0.717, 1.165) is 22.5 Å². The van der Waals surface area contributed by atoms with Crippen molar-refractivity contribution in [3.05, 3.63) is 45.3 Å². The Bertz CT molecular complexity index is 744. The molecule has 0 saturated heterocycles. The zero-order valence-electron chi connectivity index (χ0n) is 13.0. The topological polar surface area (TPSA) is 50.4 Å². The molecule has 0 radical (unpaired) electrons. The highest BCUT2D eigenvalue weighted by Gasteiger charge is 2.17. The summed E-state index contributed by atoms with van der Waals surface area (Å²) >= 11 is 12.9. The van der Waals surface area contributed by atoms with Crippen LogP contribution in [0.1, 0.15) is 27.7 Å². The highest BCUT2D eigenvalue weighted by atomic mass is 35.5. The van der Waals surface area contributed by atoms with Crippen LogP contribution in [0.15, 0.2) is 24.3 Å². The summed E-state index contributed by atoms with van der Waals surface area (Å²) in [5.41, 5.74) is 2.26. The molecule has 1 aromatic carbocycles. The third kappa shape index (κ3) is 4.43. The Morgan fingerprint density at radius 1 is 1.35 bits per heavy atom. The molecule has 4 nitrogen and oxygen atoms in total. The van der Waals surface area contributed by atoms with Crippen LogP contribution in [-0.2, 0) is 11.2 Å². The van der Waals surface area contributed by atoms with Crippen LogP contribution in [-0.4, -0.2) is 18.2 Å². The number of hydrogen-bond acceptors (Lipinski definition) is 4. The summed E-state index contributed by atoms with van der Waals surface area (Å²) in [6.07, 6.45) is 0.837. The van der Waals surface area contributed by atoms with Crippen molar-refractivity contribution in [3.63, 3.8) is 0 Å². The number of thiophene rings is 1. The number of aryl methyl sites for hydroxylation is 2. The molecule has 23 heavy (non-hydrogen) atoms. The molecule has 1 heterocycles. The van der Waals surface area contributed by atoms with E-state index in [1.54, 1.807) is 6.07 Å². The van der Waals surface area contributed by atoms with E-state index < -0.39 is 0 Å². The van der Waals surface area contributed by atoms with Crippen LogP contribution in [0.25, 0.3) is 0 Å². The summed E-state index contributed by atoms with van der Waals surface area (Å²) in [6.45, 7) is 3.96. The first kappa shape index (κ1) is 17.7. The summed E-state index contributed by atoms with van der Waals surface area (Å²) in [4.78, 5) is 12.9. The number of rotatable bonds is 4. The van der Waals surface area contributed by atoms with Crippen molar-refractivity contribution in [1.82, 2.24) is 0 Å². The van der Waals surface area contributed by atoms with Crippen LogP contribution in [0.2, 0.25) is 5.02 Å². The maximum Gasteiger partial charge on any atom is 0.340 e. The van der Waals surface area contributed by atoms with Crippen LogP contribution in [0, 0.1) is 6.92 Å². The Kier molecular flexibility index (Phi) is 5.98. The van der Waals surface area contributed by atoms with Gasteiger partial charge in [-0.1, -0.05) is 24.6 Å². The predicted octanol–water partition coefficient (Wildman–Crippen LogP) is 4.87. The third-order valence-electron chi connectivity index (χ3n) is 3.19. The molecule has 0 unspecified atom stereocenters. The first-order valence-corrected chi connectivity index (χ1v) is 8.60. The van der Waals surface area contributed by atoms with Gasteiger partial charge in [0.15, 0.2) is 5.11 Å². The zero-order valence-corrected chi connectivity index (χ0v) is 15.4. The van der Waals surface area contributed by atoms with Crippen LogP contribution < -0.4 is 10.6 Å². The van der Waals surface area contributed by atoms with Crippen molar-refractivity contribution in [3.8, 4) is 0 Å². The Balaban J connectivity index is 2.14. The number of nitrogens with one attached hydrogen (secondary N) is 2.